The highest BCUT2D eigenvalue weighted by Crippen LogP contribution is 2.35. The molecule has 3 aromatic rings. The molecular weight excluding hydrogens is 280 g/mol. The van der Waals surface area contributed by atoms with E-state index in [1.807, 2.05) is 0 Å². The Bertz CT molecular complexity index is 801. The number of nitrogens with one attached hydrogen (secondary N) is 2. The van der Waals surface area contributed by atoms with E-state index in [0.29, 0.717) is 6.04 Å². The van der Waals surface area contributed by atoms with E-state index in [1.54, 1.807) is 0 Å². The molecular formula is C21H24N2. The zero-order chi connectivity index (χ0) is 15.6. The van der Waals surface area contributed by atoms with E-state index in [9.17, 15) is 0 Å². The molecule has 0 saturated heterocycles. The fraction of sp³-hybridized carbons (Fsp3) is 0.333. The number of aromatic nitrogens is 1. The Hall–Kier alpha value is -2.06. The van der Waals surface area contributed by atoms with Gasteiger partial charge in [-0.15, -0.1) is 0 Å². The molecule has 1 heterocycles. The lowest BCUT2D eigenvalue weighted by atomic mass is 9.91. The molecule has 0 saturated carbocycles. The molecule has 1 aliphatic carbocycles. The topological polar surface area (TPSA) is 27.8 Å². The van der Waals surface area contributed by atoms with Gasteiger partial charge in [0.15, 0.2) is 0 Å². The van der Waals surface area contributed by atoms with Crippen LogP contribution in [0.4, 0.5) is 0 Å². The van der Waals surface area contributed by atoms with Gasteiger partial charge in [-0.3, -0.25) is 0 Å². The van der Waals surface area contributed by atoms with E-state index in [-0.39, 0.29) is 0 Å². The summed E-state index contributed by atoms with van der Waals surface area (Å²) in [6.45, 7) is 3.16. The second-order valence-corrected chi connectivity index (χ2v) is 6.56. The first-order valence-electron chi connectivity index (χ1n) is 8.76. The van der Waals surface area contributed by atoms with Gasteiger partial charge in [-0.2, -0.15) is 0 Å². The minimum Gasteiger partial charge on any atom is -0.357 e. The number of H-pyrrole nitrogens is 1. The van der Waals surface area contributed by atoms with Gasteiger partial charge in [-0.1, -0.05) is 43.3 Å². The van der Waals surface area contributed by atoms with Crippen molar-refractivity contribution in [2.75, 3.05) is 0 Å². The maximum Gasteiger partial charge on any atom is 0.0478 e. The molecule has 0 bridgehead atoms. The second kappa shape index (κ2) is 6.21. The van der Waals surface area contributed by atoms with Crippen LogP contribution in [-0.2, 0) is 19.4 Å². The molecule has 2 aromatic carbocycles. The van der Waals surface area contributed by atoms with Crippen LogP contribution in [0.15, 0.2) is 48.5 Å². The molecule has 1 aromatic heterocycles. The van der Waals surface area contributed by atoms with Crippen LogP contribution < -0.4 is 5.32 Å². The van der Waals surface area contributed by atoms with E-state index in [4.69, 9.17) is 0 Å². The van der Waals surface area contributed by atoms with Crippen LogP contribution in [0.1, 0.15) is 48.2 Å². The number of hydrogen-bond acceptors (Lipinski definition) is 1. The summed E-state index contributed by atoms with van der Waals surface area (Å²) in [5.41, 5.74) is 7.02. The van der Waals surface area contributed by atoms with E-state index in [0.717, 1.165) is 13.0 Å². The summed E-state index contributed by atoms with van der Waals surface area (Å²) in [6, 6.07) is 18.0. The molecule has 0 amide bonds. The first-order chi connectivity index (χ1) is 11.3. The summed E-state index contributed by atoms with van der Waals surface area (Å²) in [7, 11) is 0. The van der Waals surface area contributed by atoms with E-state index < -0.39 is 0 Å². The molecule has 1 unspecified atom stereocenters. The molecule has 0 spiro atoms. The van der Waals surface area contributed by atoms with E-state index >= 15 is 0 Å². The average Bonchev–Trinajstić information content (AvgIpc) is 2.99. The van der Waals surface area contributed by atoms with Crippen LogP contribution in [0.5, 0.6) is 0 Å². The summed E-state index contributed by atoms with van der Waals surface area (Å²) in [6.07, 6.45) is 4.79. The van der Waals surface area contributed by atoms with Crippen LogP contribution in [0, 0.1) is 0 Å². The van der Waals surface area contributed by atoms with Crippen molar-refractivity contribution in [3.63, 3.8) is 0 Å². The smallest absolute Gasteiger partial charge is 0.0478 e. The molecule has 0 fully saturated rings. The van der Waals surface area contributed by atoms with Gasteiger partial charge in [0.25, 0.3) is 0 Å². The Morgan fingerprint density at radius 3 is 2.78 bits per heavy atom. The van der Waals surface area contributed by atoms with Gasteiger partial charge in [0.1, 0.15) is 0 Å². The molecule has 1 aliphatic rings. The van der Waals surface area contributed by atoms with Crippen LogP contribution in [-0.4, -0.2) is 4.98 Å². The Kier molecular flexibility index (Phi) is 3.92. The monoisotopic (exact) mass is 304 g/mol. The van der Waals surface area contributed by atoms with Gasteiger partial charge in [-0.25, -0.2) is 0 Å². The lowest BCUT2D eigenvalue weighted by Gasteiger charge is -2.24. The van der Waals surface area contributed by atoms with E-state index in [2.05, 4.69) is 65.8 Å². The molecule has 1 atom stereocenters. The number of aromatic amines is 1. The number of benzene rings is 2. The minimum atomic E-state index is 0.441. The fourth-order valence-electron chi connectivity index (χ4n) is 3.77. The Morgan fingerprint density at radius 1 is 1.09 bits per heavy atom. The molecule has 2 heteroatoms. The van der Waals surface area contributed by atoms with Crippen LogP contribution in [0.2, 0.25) is 0 Å². The molecule has 0 aliphatic heterocycles. The third-order valence-electron chi connectivity index (χ3n) is 5.08. The summed E-state index contributed by atoms with van der Waals surface area (Å²) in [5.74, 6) is 0. The first-order valence-corrected chi connectivity index (χ1v) is 8.76. The van der Waals surface area contributed by atoms with Crippen LogP contribution in [0.3, 0.4) is 0 Å². The Morgan fingerprint density at radius 2 is 1.96 bits per heavy atom. The first kappa shape index (κ1) is 14.5. The number of hydrogen-bond donors (Lipinski definition) is 2. The van der Waals surface area contributed by atoms with Crippen molar-refractivity contribution in [1.29, 1.82) is 0 Å². The molecule has 118 valence electrons. The van der Waals surface area contributed by atoms with Gasteiger partial charge >= 0.3 is 0 Å². The zero-order valence-electron chi connectivity index (χ0n) is 13.7. The molecule has 0 radical (unpaired) electrons. The third kappa shape index (κ3) is 2.79. The van der Waals surface area contributed by atoms with Crippen molar-refractivity contribution >= 4 is 10.9 Å². The Balaban J connectivity index is 1.63. The third-order valence-corrected chi connectivity index (χ3v) is 5.08. The van der Waals surface area contributed by atoms with Gasteiger partial charge in [0.05, 0.1) is 0 Å². The highest BCUT2D eigenvalue weighted by molar-refractivity contribution is 5.85. The van der Waals surface area contributed by atoms with Crippen LogP contribution in [0.25, 0.3) is 10.9 Å². The standard InChI is InChI=1S/C21H24N2/c1-2-15-11-12-19-18(13-15)17-9-6-10-20(21(17)23-19)22-14-16-7-4-3-5-8-16/h3-5,7-8,11-13,20,22-23H,2,6,9-10,14H2,1H3. The van der Waals surface area contributed by atoms with Crippen molar-refractivity contribution < 1.29 is 0 Å². The SMILES string of the molecule is CCc1ccc2[nH]c3c(c2c1)CCCC3NCc1ccccc1. The number of fused-ring (bicyclic) bond motifs is 3. The average molecular weight is 304 g/mol. The lowest BCUT2D eigenvalue weighted by molar-refractivity contribution is 0.452. The Labute approximate surface area is 137 Å². The summed E-state index contributed by atoms with van der Waals surface area (Å²) in [4.78, 5) is 3.69. The van der Waals surface area contributed by atoms with Gasteiger partial charge < -0.3 is 10.3 Å². The van der Waals surface area contributed by atoms with Crippen molar-refractivity contribution in [2.24, 2.45) is 0 Å². The highest BCUT2D eigenvalue weighted by Gasteiger charge is 2.23. The molecule has 2 N–H and O–H groups in total. The summed E-state index contributed by atoms with van der Waals surface area (Å²) < 4.78 is 0. The zero-order valence-corrected chi connectivity index (χ0v) is 13.7. The molecule has 2 nitrogen and oxygen atoms in total. The van der Waals surface area contributed by atoms with E-state index in [1.165, 1.54) is 52.5 Å². The summed E-state index contributed by atoms with van der Waals surface area (Å²) >= 11 is 0. The van der Waals surface area contributed by atoms with Gasteiger partial charge in [-0.05, 0) is 54.5 Å². The molecule has 23 heavy (non-hydrogen) atoms. The fourth-order valence-corrected chi connectivity index (χ4v) is 3.77. The number of rotatable bonds is 4. The van der Waals surface area contributed by atoms with Crippen LogP contribution >= 0.6 is 0 Å². The van der Waals surface area contributed by atoms with Crippen molar-refractivity contribution in [2.45, 2.75) is 45.2 Å². The predicted molar refractivity (Wildman–Crippen MR) is 96.6 cm³/mol. The largest absolute Gasteiger partial charge is 0.357 e. The normalized spacial score (nSPS) is 17.3. The predicted octanol–water partition coefficient (Wildman–Crippen LogP) is 4.90. The minimum absolute atomic E-state index is 0.441. The summed E-state index contributed by atoms with van der Waals surface area (Å²) in [5, 5.41) is 5.19. The van der Waals surface area contributed by atoms with Gasteiger partial charge in [0, 0.05) is 29.2 Å². The maximum absolute atomic E-state index is 3.75. The van der Waals surface area contributed by atoms with Crippen molar-refractivity contribution in [3.05, 3.63) is 70.9 Å². The second-order valence-electron chi connectivity index (χ2n) is 6.56. The van der Waals surface area contributed by atoms with Crippen molar-refractivity contribution in [3.8, 4) is 0 Å². The maximum atomic E-state index is 3.75. The molecule has 4 rings (SSSR count). The quantitative estimate of drug-likeness (QED) is 0.705. The lowest BCUT2D eigenvalue weighted by Crippen LogP contribution is -2.24. The highest BCUT2D eigenvalue weighted by atomic mass is 14.9. The number of aryl methyl sites for hydroxylation is 2. The van der Waals surface area contributed by atoms with Crippen molar-refractivity contribution in [1.82, 2.24) is 10.3 Å². The van der Waals surface area contributed by atoms with Gasteiger partial charge in [0.2, 0.25) is 0 Å².